The van der Waals surface area contributed by atoms with E-state index in [2.05, 4.69) is 15.3 Å². The summed E-state index contributed by atoms with van der Waals surface area (Å²) in [6, 6.07) is 7.91. The average Bonchev–Trinajstić information content (AvgIpc) is 2.79. The molecule has 134 valence electrons. The third-order valence-electron chi connectivity index (χ3n) is 5.44. The van der Waals surface area contributed by atoms with E-state index in [4.69, 9.17) is 0 Å². The van der Waals surface area contributed by atoms with E-state index in [0.717, 1.165) is 30.0 Å². The maximum atomic E-state index is 12.9. The first-order valence-corrected chi connectivity index (χ1v) is 8.90. The van der Waals surface area contributed by atoms with Crippen LogP contribution in [-0.2, 0) is 10.2 Å². The first kappa shape index (κ1) is 16.7. The molecule has 3 heterocycles. The van der Waals surface area contributed by atoms with Gasteiger partial charge < -0.3 is 5.32 Å². The second kappa shape index (κ2) is 5.90. The lowest BCUT2D eigenvalue weighted by Gasteiger charge is -2.41. The van der Waals surface area contributed by atoms with Crippen molar-refractivity contribution in [2.75, 3.05) is 10.2 Å². The summed E-state index contributed by atoms with van der Waals surface area (Å²) >= 11 is 0. The van der Waals surface area contributed by atoms with Gasteiger partial charge in [0, 0.05) is 35.6 Å². The van der Waals surface area contributed by atoms with Gasteiger partial charge in [-0.2, -0.15) is 0 Å². The van der Waals surface area contributed by atoms with Crippen LogP contribution < -0.4 is 10.2 Å². The minimum Gasteiger partial charge on any atom is -0.367 e. The zero-order chi connectivity index (χ0) is 18.5. The molecule has 0 spiro atoms. The molecule has 4 rings (SSSR count). The lowest BCUT2D eigenvalue weighted by molar-refractivity contribution is -0.122. The Labute approximate surface area is 152 Å². The number of hydrogen-bond acceptors (Lipinski definition) is 5. The average molecular weight is 350 g/mol. The second-order valence-electron chi connectivity index (χ2n) is 7.63. The molecule has 1 saturated carbocycles. The zero-order valence-corrected chi connectivity index (χ0v) is 15.2. The van der Waals surface area contributed by atoms with Crippen LogP contribution in [0.2, 0.25) is 0 Å². The second-order valence-corrected chi connectivity index (χ2v) is 7.63. The Hall–Kier alpha value is -2.76. The zero-order valence-electron chi connectivity index (χ0n) is 15.2. The molecule has 6 heteroatoms. The number of fused-ring (bicyclic) bond motifs is 1. The highest BCUT2D eigenvalue weighted by Crippen LogP contribution is 2.44. The summed E-state index contributed by atoms with van der Waals surface area (Å²) in [6.07, 6.45) is 5.05. The van der Waals surface area contributed by atoms with Gasteiger partial charge in [0.1, 0.15) is 11.6 Å². The standard InChI is InChI=1S/C20H22N4O2/c1-12(25)13-6-7-17(22-11-13)23-14-9-15(10-14)24-18-16(5-4-8-21-18)20(2,3)19(24)26/h4-8,11,14-15H,9-10H2,1-3H3,(H,22,23). The van der Waals surface area contributed by atoms with Gasteiger partial charge in [-0.15, -0.1) is 0 Å². The van der Waals surface area contributed by atoms with E-state index in [0.29, 0.717) is 5.56 Å². The van der Waals surface area contributed by atoms with Crippen molar-refractivity contribution in [3.8, 4) is 0 Å². The van der Waals surface area contributed by atoms with Gasteiger partial charge in [0.25, 0.3) is 0 Å². The fourth-order valence-corrected chi connectivity index (χ4v) is 3.74. The number of amides is 1. The van der Waals surface area contributed by atoms with Crippen LogP contribution >= 0.6 is 0 Å². The van der Waals surface area contributed by atoms with Gasteiger partial charge >= 0.3 is 0 Å². The van der Waals surface area contributed by atoms with E-state index in [1.807, 2.05) is 36.9 Å². The number of ketones is 1. The molecular formula is C20H22N4O2. The lowest BCUT2D eigenvalue weighted by atomic mass is 9.84. The Morgan fingerprint density at radius 2 is 2.00 bits per heavy atom. The fraction of sp³-hybridized carbons (Fsp3) is 0.400. The van der Waals surface area contributed by atoms with Crippen molar-refractivity contribution in [1.82, 2.24) is 9.97 Å². The number of nitrogens with one attached hydrogen (secondary N) is 1. The van der Waals surface area contributed by atoms with Crippen molar-refractivity contribution in [1.29, 1.82) is 0 Å². The maximum absolute atomic E-state index is 12.9. The Balaban J connectivity index is 1.44. The number of carbonyl (C=O) groups excluding carboxylic acids is 2. The predicted molar refractivity (Wildman–Crippen MR) is 99.4 cm³/mol. The van der Waals surface area contributed by atoms with E-state index in [1.54, 1.807) is 18.5 Å². The van der Waals surface area contributed by atoms with Crippen LogP contribution in [0.15, 0.2) is 36.7 Å². The highest BCUT2D eigenvalue weighted by atomic mass is 16.2. The third kappa shape index (κ3) is 2.57. The van der Waals surface area contributed by atoms with E-state index in [-0.39, 0.29) is 23.8 Å². The number of nitrogens with zero attached hydrogens (tertiary/aromatic N) is 3. The van der Waals surface area contributed by atoms with Gasteiger partial charge in [-0.1, -0.05) is 6.07 Å². The van der Waals surface area contributed by atoms with Crippen molar-refractivity contribution in [3.63, 3.8) is 0 Å². The normalized spacial score (nSPS) is 23.3. The van der Waals surface area contributed by atoms with Crippen LogP contribution in [0.25, 0.3) is 0 Å². The van der Waals surface area contributed by atoms with Crippen molar-refractivity contribution in [2.24, 2.45) is 0 Å². The Morgan fingerprint density at radius 1 is 1.23 bits per heavy atom. The molecule has 6 nitrogen and oxygen atoms in total. The number of carbonyl (C=O) groups is 2. The molecule has 0 unspecified atom stereocenters. The number of anilines is 2. The summed E-state index contributed by atoms with van der Waals surface area (Å²) in [4.78, 5) is 34.9. The molecule has 2 aromatic rings. The molecule has 0 aromatic carbocycles. The highest BCUT2D eigenvalue weighted by molar-refractivity contribution is 6.07. The number of rotatable bonds is 4. The number of hydrogen-bond donors (Lipinski definition) is 1. The molecule has 1 N–H and O–H groups in total. The summed E-state index contributed by atoms with van der Waals surface area (Å²) in [5.41, 5.74) is 1.09. The van der Waals surface area contributed by atoms with E-state index in [1.165, 1.54) is 6.92 Å². The summed E-state index contributed by atoms with van der Waals surface area (Å²) < 4.78 is 0. The van der Waals surface area contributed by atoms with Crippen molar-refractivity contribution in [2.45, 2.75) is 51.1 Å². The molecule has 1 aliphatic heterocycles. The van der Waals surface area contributed by atoms with Gasteiger partial charge in [-0.3, -0.25) is 14.5 Å². The predicted octanol–water partition coefficient (Wildman–Crippen LogP) is 2.95. The lowest BCUT2D eigenvalue weighted by Crippen LogP contribution is -2.53. The Morgan fingerprint density at radius 3 is 2.65 bits per heavy atom. The number of Topliss-reactive ketones (excluding diaryl/α,β-unsaturated/α-hetero) is 1. The van der Waals surface area contributed by atoms with E-state index in [9.17, 15) is 9.59 Å². The van der Waals surface area contributed by atoms with Crippen LogP contribution in [0.1, 0.15) is 49.5 Å². The van der Waals surface area contributed by atoms with Gasteiger partial charge in [-0.05, 0) is 51.8 Å². The summed E-state index contributed by atoms with van der Waals surface area (Å²) in [6.45, 7) is 5.45. The maximum Gasteiger partial charge on any atom is 0.238 e. The van der Waals surface area contributed by atoms with Crippen molar-refractivity contribution in [3.05, 3.63) is 47.8 Å². The molecule has 2 aromatic heterocycles. The molecule has 26 heavy (non-hydrogen) atoms. The Bertz CT molecular complexity index is 870. The first-order chi connectivity index (χ1) is 12.4. The monoisotopic (exact) mass is 350 g/mol. The van der Waals surface area contributed by atoms with Gasteiger partial charge in [0.15, 0.2) is 5.78 Å². The smallest absolute Gasteiger partial charge is 0.238 e. The third-order valence-corrected chi connectivity index (χ3v) is 5.44. The summed E-state index contributed by atoms with van der Waals surface area (Å²) in [5, 5.41) is 3.38. The van der Waals surface area contributed by atoms with Crippen LogP contribution in [0.3, 0.4) is 0 Å². The molecule has 1 aliphatic carbocycles. The van der Waals surface area contributed by atoms with Gasteiger partial charge in [0.05, 0.1) is 5.41 Å². The van der Waals surface area contributed by atoms with E-state index >= 15 is 0 Å². The molecular weight excluding hydrogens is 328 g/mol. The van der Waals surface area contributed by atoms with Crippen molar-refractivity contribution < 1.29 is 9.59 Å². The molecule has 0 saturated heterocycles. The van der Waals surface area contributed by atoms with E-state index < -0.39 is 5.41 Å². The molecule has 1 amide bonds. The minimum atomic E-state index is -0.522. The van der Waals surface area contributed by atoms with Crippen LogP contribution in [0.4, 0.5) is 11.6 Å². The molecule has 0 atom stereocenters. The van der Waals surface area contributed by atoms with Gasteiger partial charge in [0.2, 0.25) is 5.91 Å². The van der Waals surface area contributed by atoms with Crippen LogP contribution in [0.5, 0.6) is 0 Å². The van der Waals surface area contributed by atoms with Crippen molar-refractivity contribution >= 4 is 23.3 Å². The molecule has 0 bridgehead atoms. The Kier molecular flexibility index (Phi) is 3.79. The number of pyridine rings is 2. The minimum absolute atomic E-state index is 0.00841. The molecule has 1 fully saturated rings. The first-order valence-electron chi connectivity index (χ1n) is 8.90. The summed E-state index contributed by atoms with van der Waals surface area (Å²) in [7, 11) is 0. The fourth-order valence-electron chi connectivity index (χ4n) is 3.74. The highest BCUT2D eigenvalue weighted by Gasteiger charge is 2.50. The summed E-state index contributed by atoms with van der Waals surface area (Å²) in [5.74, 6) is 1.69. The van der Waals surface area contributed by atoms with Crippen LogP contribution in [-0.4, -0.2) is 33.7 Å². The quantitative estimate of drug-likeness (QED) is 0.858. The molecule has 2 aliphatic rings. The van der Waals surface area contributed by atoms with Gasteiger partial charge in [-0.25, -0.2) is 9.97 Å². The SMILES string of the molecule is CC(=O)c1ccc(NC2CC(N3C(=O)C(C)(C)c4cccnc43)C2)nc1. The molecule has 0 radical (unpaired) electrons. The number of aromatic nitrogens is 2. The largest absolute Gasteiger partial charge is 0.367 e. The topological polar surface area (TPSA) is 75.2 Å². The van der Waals surface area contributed by atoms with Crippen LogP contribution in [0, 0.1) is 0 Å².